The van der Waals surface area contributed by atoms with Crippen molar-refractivity contribution in [3.63, 3.8) is 0 Å². The van der Waals surface area contributed by atoms with E-state index in [4.69, 9.17) is 5.26 Å². The molecule has 0 fully saturated rings. The van der Waals surface area contributed by atoms with Crippen molar-refractivity contribution in [1.29, 1.82) is 5.26 Å². The van der Waals surface area contributed by atoms with Crippen LogP contribution in [0.15, 0.2) is 91.0 Å². The number of rotatable bonds is 5. The average molecular weight is 359 g/mol. The van der Waals surface area contributed by atoms with Crippen LogP contribution < -0.4 is 0 Å². The van der Waals surface area contributed by atoms with E-state index in [1.54, 1.807) is 72.8 Å². The first kappa shape index (κ1) is 18.2. The number of allylic oxidation sites excluding steroid dienone is 1. The van der Waals surface area contributed by atoms with E-state index in [2.05, 4.69) is 0 Å². The Kier molecular flexibility index (Phi) is 5.23. The highest BCUT2D eigenvalue weighted by molar-refractivity contribution is 6.04. The largest absolute Gasteiger partial charge is 0.329 e. The Hall–Kier alpha value is -3.58. The van der Waals surface area contributed by atoms with Gasteiger partial charge in [0.25, 0.3) is 0 Å². The monoisotopic (exact) mass is 359 g/mol. The highest BCUT2D eigenvalue weighted by Gasteiger charge is 2.37. The van der Waals surface area contributed by atoms with Gasteiger partial charge in [0.05, 0.1) is 11.6 Å². The maximum Gasteiger partial charge on any atom is 0.329 e. The van der Waals surface area contributed by atoms with Gasteiger partial charge < -0.3 is 0 Å². The Morgan fingerprint density at radius 1 is 0.778 bits per heavy atom. The summed E-state index contributed by atoms with van der Waals surface area (Å²) in [6, 6.07) is 24.5. The summed E-state index contributed by atoms with van der Waals surface area (Å²) in [6.45, 7) is 0. The summed E-state index contributed by atoms with van der Waals surface area (Å²) in [5.74, 6) is -4.94. The first-order valence-corrected chi connectivity index (χ1v) is 8.28. The van der Waals surface area contributed by atoms with E-state index < -0.39 is 11.7 Å². The van der Waals surface area contributed by atoms with Crippen molar-refractivity contribution in [3.05, 3.63) is 113 Å². The lowest BCUT2D eigenvalue weighted by Gasteiger charge is -2.15. The zero-order valence-corrected chi connectivity index (χ0v) is 14.3. The molecule has 0 atom stereocenters. The third kappa shape index (κ3) is 4.16. The molecule has 0 unspecified atom stereocenters. The van der Waals surface area contributed by atoms with Crippen LogP contribution in [0.1, 0.15) is 27.0 Å². The maximum absolute atomic E-state index is 14.8. The number of ketones is 1. The van der Waals surface area contributed by atoms with E-state index in [9.17, 15) is 13.6 Å². The molecule has 3 aromatic carbocycles. The number of carbonyl (C=O) groups is 1. The summed E-state index contributed by atoms with van der Waals surface area (Å²) >= 11 is 0. The van der Waals surface area contributed by atoms with Crippen molar-refractivity contribution in [2.75, 3.05) is 0 Å². The smallest absolute Gasteiger partial charge is 0.287 e. The third-order valence-electron chi connectivity index (χ3n) is 4.07. The van der Waals surface area contributed by atoms with Crippen molar-refractivity contribution in [1.82, 2.24) is 0 Å². The van der Waals surface area contributed by atoms with E-state index in [1.807, 2.05) is 6.07 Å². The molecule has 0 heterocycles. The van der Waals surface area contributed by atoms with Crippen molar-refractivity contribution < 1.29 is 13.6 Å². The molecule has 27 heavy (non-hydrogen) atoms. The minimum atomic E-state index is -3.68. The predicted molar refractivity (Wildman–Crippen MR) is 100 cm³/mol. The number of hydrogen-bond donors (Lipinski definition) is 0. The molecule has 0 bridgehead atoms. The minimum Gasteiger partial charge on any atom is -0.287 e. The van der Waals surface area contributed by atoms with Crippen LogP contribution in [0.5, 0.6) is 0 Å². The van der Waals surface area contributed by atoms with Gasteiger partial charge in [0.1, 0.15) is 0 Å². The van der Waals surface area contributed by atoms with E-state index in [-0.39, 0.29) is 11.1 Å². The molecular weight excluding hydrogens is 344 g/mol. The first-order valence-electron chi connectivity index (χ1n) is 8.28. The second-order valence-electron chi connectivity index (χ2n) is 5.93. The van der Waals surface area contributed by atoms with Gasteiger partial charge in [0, 0.05) is 11.6 Å². The van der Waals surface area contributed by atoms with Crippen molar-refractivity contribution in [2.24, 2.45) is 0 Å². The molecule has 0 N–H and O–H groups in total. The summed E-state index contributed by atoms with van der Waals surface area (Å²) in [6.07, 6.45) is 0.693. The Bertz CT molecular complexity index is 1000. The van der Waals surface area contributed by atoms with Crippen LogP contribution in [0, 0.1) is 11.3 Å². The SMILES string of the molecule is N#Cc1ccc(/C(=C\C(F)(F)C(=O)c2ccccc2)c2ccccc2)cc1. The molecule has 0 aliphatic rings. The normalized spacial score (nSPS) is 11.7. The molecule has 4 heteroatoms. The van der Waals surface area contributed by atoms with Crippen molar-refractivity contribution >= 4 is 11.4 Å². The summed E-state index contributed by atoms with van der Waals surface area (Å²) in [5.41, 5.74) is 1.67. The molecule has 0 saturated heterocycles. The lowest BCUT2D eigenvalue weighted by atomic mass is 9.93. The number of nitriles is 1. The first-order chi connectivity index (χ1) is 13.0. The molecule has 0 spiro atoms. The molecule has 3 aromatic rings. The van der Waals surface area contributed by atoms with Crippen molar-refractivity contribution in [2.45, 2.75) is 5.92 Å². The number of hydrogen-bond acceptors (Lipinski definition) is 2. The van der Waals surface area contributed by atoms with E-state index in [0.29, 0.717) is 22.8 Å². The summed E-state index contributed by atoms with van der Waals surface area (Å²) in [5, 5.41) is 8.94. The lowest BCUT2D eigenvalue weighted by molar-refractivity contribution is 0.0384. The fourth-order valence-corrected chi connectivity index (χ4v) is 2.70. The van der Waals surface area contributed by atoms with Crippen molar-refractivity contribution in [3.8, 4) is 6.07 Å². The topological polar surface area (TPSA) is 40.9 Å². The second kappa shape index (κ2) is 7.76. The van der Waals surface area contributed by atoms with Crippen LogP contribution in [0.4, 0.5) is 8.78 Å². The van der Waals surface area contributed by atoms with Gasteiger partial charge in [-0.3, -0.25) is 4.79 Å². The molecular formula is C23H15F2NO. The van der Waals surface area contributed by atoms with Gasteiger partial charge >= 0.3 is 5.92 Å². The number of benzene rings is 3. The molecule has 2 nitrogen and oxygen atoms in total. The van der Waals surface area contributed by atoms with Crippen LogP contribution in [-0.2, 0) is 0 Å². The zero-order valence-electron chi connectivity index (χ0n) is 14.3. The van der Waals surface area contributed by atoms with Crippen LogP contribution in [-0.4, -0.2) is 11.7 Å². The Labute approximate surface area is 156 Å². The fourth-order valence-electron chi connectivity index (χ4n) is 2.70. The standard InChI is InChI=1S/C23H15F2NO/c24-23(25,22(27)20-9-5-2-6-10-20)15-21(18-7-3-1-4-8-18)19-13-11-17(16-26)12-14-19/h1-15H/b21-15-. The van der Waals surface area contributed by atoms with Crippen LogP contribution in [0.25, 0.3) is 5.57 Å². The number of halogens is 2. The quantitative estimate of drug-likeness (QED) is 0.564. The maximum atomic E-state index is 14.8. The predicted octanol–water partition coefficient (Wildman–Crippen LogP) is 5.51. The number of carbonyl (C=O) groups excluding carboxylic acids is 1. The lowest BCUT2D eigenvalue weighted by Crippen LogP contribution is -2.26. The van der Waals surface area contributed by atoms with Crippen LogP contribution >= 0.6 is 0 Å². The Morgan fingerprint density at radius 3 is 1.78 bits per heavy atom. The molecule has 0 radical (unpaired) electrons. The summed E-state index contributed by atoms with van der Waals surface area (Å²) in [7, 11) is 0. The van der Waals surface area contributed by atoms with Gasteiger partial charge in [-0.05, 0) is 28.8 Å². The molecule has 132 valence electrons. The molecule has 3 rings (SSSR count). The van der Waals surface area contributed by atoms with Gasteiger partial charge in [-0.1, -0.05) is 72.8 Å². The molecule has 0 saturated carbocycles. The van der Waals surface area contributed by atoms with Crippen LogP contribution in [0.2, 0.25) is 0 Å². The zero-order chi connectivity index (χ0) is 19.3. The number of nitrogens with zero attached hydrogens (tertiary/aromatic N) is 1. The van der Waals surface area contributed by atoms with E-state index in [1.165, 1.54) is 12.1 Å². The highest BCUT2D eigenvalue weighted by Crippen LogP contribution is 2.31. The third-order valence-corrected chi connectivity index (χ3v) is 4.07. The molecule has 0 amide bonds. The van der Waals surface area contributed by atoms with Gasteiger partial charge in [-0.15, -0.1) is 0 Å². The Balaban J connectivity index is 2.09. The molecule has 0 aromatic heterocycles. The number of alkyl halides is 2. The fraction of sp³-hybridized carbons (Fsp3) is 0.0435. The van der Waals surface area contributed by atoms with Gasteiger partial charge in [-0.2, -0.15) is 14.0 Å². The van der Waals surface area contributed by atoms with Gasteiger partial charge in [-0.25, -0.2) is 0 Å². The van der Waals surface area contributed by atoms with Gasteiger partial charge in [0.15, 0.2) is 0 Å². The second-order valence-corrected chi connectivity index (χ2v) is 5.93. The highest BCUT2D eigenvalue weighted by atomic mass is 19.3. The average Bonchev–Trinajstić information content (AvgIpc) is 2.73. The summed E-state index contributed by atoms with van der Waals surface area (Å²) < 4.78 is 29.6. The van der Waals surface area contributed by atoms with Gasteiger partial charge in [0.2, 0.25) is 5.78 Å². The number of Topliss-reactive ketones (excluding diaryl/α,β-unsaturated/α-hetero) is 1. The minimum absolute atomic E-state index is 0.0500. The molecule has 0 aliphatic carbocycles. The molecule has 0 aliphatic heterocycles. The summed E-state index contributed by atoms with van der Waals surface area (Å²) in [4.78, 5) is 12.3. The van der Waals surface area contributed by atoms with E-state index in [0.717, 1.165) is 0 Å². The van der Waals surface area contributed by atoms with Crippen LogP contribution in [0.3, 0.4) is 0 Å². The Morgan fingerprint density at radius 2 is 1.26 bits per heavy atom. The van der Waals surface area contributed by atoms with E-state index >= 15 is 0 Å².